The van der Waals surface area contributed by atoms with E-state index in [-0.39, 0.29) is 12.1 Å². The lowest BCUT2D eigenvalue weighted by Gasteiger charge is -2.10. The average molecular weight is 245 g/mol. The van der Waals surface area contributed by atoms with Gasteiger partial charge in [-0.1, -0.05) is 11.6 Å². The lowest BCUT2D eigenvalue weighted by Crippen LogP contribution is -2.14. The van der Waals surface area contributed by atoms with Crippen LogP contribution < -0.4 is 0 Å². The zero-order chi connectivity index (χ0) is 11.3. The fourth-order valence-electron chi connectivity index (χ4n) is 1.06. The summed E-state index contributed by atoms with van der Waals surface area (Å²) in [5.74, 6) is 0.514. The Morgan fingerprint density at radius 3 is 2.60 bits per heavy atom. The van der Waals surface area contributed by atoms with Crippen LogP contribution in [-0.4, -0.2) is 17.8 Å². The molecule has 82 valence electrons. The fourth-order valence-corrected chi connectivity index (χ4v) is 2.01. The highest BCUT2D eigenvalue weighted by atomic mass is 35.5. The summed E-state index contributed by atoms with van der Waals surface area (Å²) < 4.78 is 5.01. The van der Waals surface area contributed by atoms with Gasteiger partial charge in [-0.3, -0.25) is 4.79 Å². The normalized spacial score (nSPS) is 12.2. The van der Waals surface area contributed by atoms with Crippen molar-refractivity contribution in [1.29, 1.82) is 0 Å². The molecule has 0 radical (unpaired) electrons. The number of carbonyl (C=O) groups excluding carboxylic acids is 1. The summed E-state index contributed by atoms with van der Waals surface area (Å²) >= 11 is 7.41. The molecule has 1 unspecified atom stereocenters. The van der Waals surface area contributed by atoms with Crippen LogP contribution in [0, 0.1) is 0 Å². The van der Waals surface area contributed by atoms with E-state index in [0.717, 1.165) is 15.7 Å². The Labute approximate surface area is 99.0 Å². The summed E-state index contributed by atoms with van der Waals surface area (Å²) in [5, 5.41) is 0.729. The molecule has 0 heterocycles. The quantitative estimate of drug-likeness (QED) is 0.600. The van der Waals surface area contributed by atoms with E-state index in [1.54, 1.807) is 11.8 Å². The van der Waals surface area contributed by atoms with Gasteiger partial charge in [0.2, 0.25) is 0 Å². The molecule has 0 fully saturated rings. The fraction of sp³-hybridized carbons (Fsp3) is 0.364. The average Bonchev–Trinajstić information content (AvgIpc) is 2.16. The minimum Gasteiger partial charge on any atom is -0.462 e. The Kier molecular flexibility index (Phi) is 4.99. The Morgan fingerprint density at radius 2 is 2.07 bits per heavy atom. The second kappa shape index (κ2) is 6.03. The maximum absolute atomic E-state index is 10.7. The third kappa shape index (κ3) is 5.09. The maximum atomic E-state index is 10.7. The molecule has 15 heavy (non-hydrogen) atoms. The van der Waals surface area contributed by atoms with Gasteiger partial charge in [0, 0.05) is 22.6 Å². The van der Waals surface area contributed by atoms with E-state index in [4.69, 9.17) is 16.3 Å². The van der Waals surface area contributed by atoms with Crippen molar-refractivity contribution >= 4 is 29.3 Å². The molecule has 0 aliphatic rings. The number of hydrogen-bond acceptors (Lipinski definition) is 3. The van der Waals surface area contributed by atoms with E-state index in [1.807, 2.05) is 31.2 Å². The molecule has 0 saturated carbocycles. The van der Waals surface area contributed by atoms with Crippen molar-refractivity contribution in [1.82, 2.24) is 0 Å². The molecule has 4 heteroatoms. The Balaban J connectivity index is 2.36. The molecular weight excluding hydrogens is 232 g/mol. The van der Waals surface area contributed by atoms with E-state index in [1.165, 1.54) is 6.92 Å². The minimum atomic E-state index is -0.237. The van der Waals surface area contributed by atoms with Crippen molar-refractivity contribution in [3.05, 3.63) is 29.3 Å². The first-order valence-corrected chi connectivity index (χ1v) is 6.00. The molecule has 2 nitrogen and oxygen atoms in total. The molecule has 0 aliphatic carbocycles. The maximum Gasteiger partial charge on any atom is 0.302 e. The molecule has 0 saturated heterocycles. The van der Waals surface area contributed by atoms with Gasteiger partial charge in [0.05, 0.1) is 0 Å². The number of hydrogen-bond donors (Lipinski definition) is 0. The van der Waals surface area contributed by atoms with Crippen LogP contribution in [0.1, 0.15) is 13.8 Å². The van der Waals surface area contributed by atoms with Crippen LogP contribution in [-0.2, 0) is 9.53 Å². The highest BCUT2D eigenvalue weighted by Crippen LogP contribution is 2.21. The van der Waals surface area contributed by atoms with Crippen LogP contribution >= 0.6 is 23.4 Å². The van der Waals surface area contributed by atoms with Gasteiger partial charge in [0.25, 0.3) is 0 Å². The highest BCUT2D eigenvalue weighted by Gasteiger charge is 2.05. The van der Waals surface area contributed by atoms with Gasteiger partial charge in [-0.25, -0.2) is 0 Å². The molecule has 0 amide bonds. The number of thioether (sulfide) groups is 1. The van der Waals surface area contributed by atoms with Crippen molar-refractivity contribution in [3.63, 3.8) is 0 Å². The molecule has 1 aromatic carbocycles. The second-order valence-corrected chi connectivity index (χ2v) is 4.71. The number of benzene rings is 1. The Morgan fingerprint density at radius 1 is 1.47 bits per heavy atom. The van der Waals surface area contributed by atoms with Crippen LogP contribution in [0.5, 0.6) is 0 Å². The predicted octanol–water partition coefficient (Wildman–Crippen LogP) is 3.38. The van der Waals surface area contributed by atoms with E-state index in [9.17, 15) is 4.79 Å². The van der Waals surface area contributed by atoms with Gasteiger partial charge in [-0.2, -0.15) is 0 Å². The molecule has 1 aromatic rings. The van der Waals surface area contributed by atoms with Gasteiger partial charge in [0.1, 0.15) is 6.10 Å². The van der Waals surface area contributed by atoms with Crippen LogP contribution in [0.2, 0.25) is 5.02 Å². The summed E-state index contributed by atoms with van der Waals surface area (Å²) in [4.78, 5) is 11.8. The molecule has 0 aromatic heterocycles. The van der Waals surface area contributed by atoms with Gasteiger partial charge in [-0.05, 0) is 31.2 Å². The molecule has 0 N–H and O–H groups in total. The number of ether oxygens (including phenoxy) is 1. The van der Waals surface area contributed by atoms with Crippen molar-refractivity contribution in [2.24, 2.45) is 0 Å². The standard InChI is InChI=1S/C11H13ClO2S/c1-8(14-9(2)13)7-15-11-5-3-10(12)4-6-11/h3-6,8H,7H2,1-2H3. The van der Waals surface area contributed by atoms with E-state index in [0.29, 0.717) is 0 Å². The lowest BCUT2D eigenvalue weighted by molar-refractivity contribution is -0.144. The number of rotatable bonds is 4. The first kappa shape index (κ1) is 12.4. The highest BCUT2D eigenvalue weighted by molar-refractivity contribution is 7.99. The van der Waals surface area contributed by atoms with Crippen LogP contribution in [0.4, 0.5) is 0 Å². The molecule has 1 atom stereocenters. The molecule has 1 rings (SSSR count). The first-order valence-electron chi connectivity index (χ1n) is 4.63. The SMILES string of the molecule is CC(=O)OC(C)CSc1ccc(Cl)cc1. The third-order valence-electron chi connectivity index (χ3n) is 1.67. The van der Waals surface area contributed by atoms with Gasteiger partial charge in [-0.15, -0.1) is 11.8 Å². The van der Waals surface area contributed by atoms with Gasteiger partial charge in [0.15, 0.2) is 0 Å². The number of esters is 1. The van der Waals surface area contributed by atoms with Crippen molar-refractivity contribution in [2.45, 2.75) is 24.8 Å². The number of halogens is 1. The monoisotopic (exact) mass is 244 g/mol. The summed E-state index contributed by atoms with van der Waals surface area (Å²) in [6, 6.07) is 7.60. The Bertz CT molecular complexity index is 324. The predicted molar refractivity (Wildman–Crippen MR) is 63.4 cm³/mol. The number of carbonyl (C=O) groups is 1. The zero-order valence-corrected chi connectivity index (χ0v) is 10.3. The summed E-state index contributed by atoms with van der Waals surface area (Å²) in [5.41, 5.74) is 0. The summed E-state index contributed by atoms with van der Waals surface area (Å²) in [7, 11) is 0. The molecule has 0 aliphatic heterocycles. The molecular formula is C11H13ClO2S. The van der Waals surface area contributed by atoms with Crippen LogP contribution in [0.3, 0.4) is 0 Å². The first-order chi connectivity index (χ1) is 7.08. The zero-order valence-electron chi connectivity index (χ0n) is 8.70. The van der Waals surface area contributed by atoms with Crippen molar-refractivity contribution in [2.75, 3.05) is 5.75 Å². The van der Waals surface area contributed by atoms with Crippen molar-refractivity contribution < 1.29 is 9.53 Å². The molecule has 0 bridgehead atoms. The minimum absolute atomic E-state index is 0.0665. The largest absolute Gasteiger partial charge is 0.462 e. The van der Waals surface area contributed by atoms with Gasteiger partial charge >= 0.3 is 5.97 Å². The van der Waals surface area contributed by atoms with Crippen LogP contribution in [0.25, 0.3) is 0 Å². The Hall–Kier alpha value is -0.670. The van der Waals surface area contributed by atoms with E-state index < -0.39 is 0 Å². The topological polar surface area (TPSA) is 26.3 Å². The molecule has 0 spiro atoms. The lowest BCUT2D eigenvalue weighted by atomic mass is 10.4. The van der Waals surface area contributed by atoms with Crippen LogP contribution in [0.15, 0.2) is 29.2 Å². The van der Waals surface area contributed by atoms with E-state index in [2.05, 4.69) is 0 Å². The van der Waals surface area contributed by atoms with Crippen molar-refractivity contribution in [3.8, 4) is 0 Å². The summed E-state index contributed by atoms with van der Waals surface area (Å²) in [6.07, 6.45) is -0.0665. The van der Waals surface area contributed by atoms with E-state index >= 15 is 0 Å². The summed E-state index contributed by atoms with van der Waals surface area (Å²) in [6.45, 7) is 3.30. The third-order valence-corrected chi connectivity index (χ3v) is 3.16. The smallest absolute Gasteiger partial charge is 0.302 e. The van der Waals surface area contributed by atoms with Gasteiger partial charge < -0.3 is 4.74 Å². The second-order valence-electron chi connectivity index (χ2n) is 3.18.